The summed E-state index contributed by atoms with van der Waals surface area (Å²) in [6, 6.07) is 0.636. The summed E-state index contributed by atoms with van der Waals surface area (Å²) in [6.07, 6.45) is 9.08. The molecule has 4 nitrogen and oxygen atoms in total. The summed E-state index contributed by atoms with van der Waals surface area (Å²) in [6.45, 7) is 4.40. The zero-order valence-corrected chi connectivity index (χ0v) is 12.1. The molecule has 0 bridgehead atoms. The fraction of sp³-hybridized carbons (Fsp3) is 1.00. The third kappa shape index (κ3) is 5.38. The Morgan fingerprint density at radius 1 is 1.16 bits per heavy atom. The number of hydrogen-bond donors (Lipinski definition) is 2. The van der Waals surface area contributed by atoms with Gasteiger partial charge in [-0.3, -0.25) is 0 Å². The van der Waals surface area contributed by atoms with Crippen molar-refractivity contribution in [3.63, 3.8) is 0 Å². The third-order valence-corrected chi connectivity index (χ3v) is 4.41. The number of ether oxygens (including phenoxy) is 2. The Bertz CT molecular complexity index is 232. The van der Waals surface area contributed by atoms with Crippen LogP contribution in [0.15, 0.2) is 0 Å². The quantitative estimate of drug-likeness (QED) is 0.659. The lowest BCUT2D eigenvalue weighted by Crippen LogP contribution is -2.42. The zero-order chi connectivity index (χ0) is 13.3. The van der Waals surface area contributed by atoms with E-state index in [0.29, 0.717) is 18.1 Å². The molecule has 3 N–H and O–H groups in total. The van der Waals surface area contributed by atoms with Gasteiger partial charge in [-0.1, -0.05) is 12.8 Å². The summed E-state index contributed by atoms with van der Waals surface area (Å²) in [7, 11) is 0. The lowest BCUT2D eigenvalue weighted by molar-refractivity contribution is 0.0163. The molecule has 1 saturated carbocycles. The van der Waals surface area contributed by atoms with E-state index < -0.39 is 0 Å². The van der Waals surface area contributed by atoms with E-state index in [2.05, 4.69) is 5.32 Å². The van der Waals surface area contributed by atoms with Gasteiger partial charge in [-0.05, 0) is 51.1 Å². The highest BCUT2D eigenvalue weighted by Gasteiger charge is 2.22. The molecule has 3 atom stereocenters. The predicted octanol–water partition coefficient (Wildman–Crippen LogP) is 1.68. The number of hydrogen-bond acceptors (Lipinski definition) is 4. The first-order valence-corrected chi connectivity index (χ1v) is 8.03. The fourth-order valence-corrected chi connectivity index (χ4v) is 3.21. The van der Waals surface area contributed by atoms with Crippen LogP contribution in [-0.4, -0.2) is 45.1 Å². The molecule has 1 aliphatic heterocycles. The SMILES string of the molecule is NCC1CCCCC1NCCCOCC1CCCO1. The highest BCUT2D eigenvalue weighted by Crippen LogP contribution is 2.23. The Kier molecular flexibility index (Phi) is 7.14. The molecule has 0 aromatic carbocycles. The van der Waals surface area contributed by atoms with E-state index in [4.69, 9.17) is 15.2 Å². The normalized spacial score (nSPS) is 31.7. The Morgan fingerprint density at radius 3 is 2.84 bits per heavy atom. The average molecular weight is 270 g/mol. The summed E-state index contributed by atoms with van der Waals surface area (Å²) in [5, 5.41) is 3.66. The van der Waals surface area contributed by atoms with Crippen molar-refractivity contribution >= 4 is 0 Å². The number of nitrogens with one attached hydrogen (secondary N) is 1. The molecule has 0 amide bonds. The molecular formula is C15H30N2O2. The van der Waals surface area contributed by atoms with Gasteiger partial charge >= 0.3 is 0 Å². The summed E-state index contributed by atoms with van der Waals surface area (Å²) in [5.74, 6) is 0.682. The smallest absolute Gasteiger partial charge is 0.0809 e. The van der Waals surface area contributed by atoms with Crippen molar-refractivity contribution in [1.29, 1.82) is 0 Å². The van der Waals surface area contributed by atoms with Gasteiger partial charge in [0.15, 0.2) is 0 Å². The van der Waals surface area contributed by atoms with E-state index in [1.165, 1.54) is 38.5 Å². The molecular weight excluding hydrogens is 240 g/mol. The van der Waals surface area contributed by atoms with E-state index in [0.717, 1.165) is 39.3 Å². The molecule has 0 spiro atoms. The Labute approximate surface area is 117 Å². The first-order valence-electron chi connectivity index (χ1n) is 8.03. The Balaban J connectivity index is 1.46. The Hall–Kier alpha value is -0.160. The van der Waals surface area contributed by atoms with Crippen molar-refractivity contribution in [3.8, 4) is 0 Å². The minimum atomic E-state index is 0.355. The van der Waals surface area contributed by atoms with Gasteiger partial charge in [-0.2, -0.15) is 0 Å². The van der Waals surface area contributed by atoms with E-state index in [1.807, 2.05) is 0 Å². The van der Waals surface area contributed by atoms with Crippen LogP contribution in [-0.2, 0) is 9.47 Å². The molecule has 112 valence electrons. The summed E-state index contributed by atoms with van der Waals surface area (Å²) in [4.78, 5) is 0. The summed E-state index contributed by atoms with van der Waals surface area (Å²) < 4.78 is 11.2. The molecule has 19 heavy (non-hydrogen) atoms. The molecule has 0 aromatic heterocycles. The second kappa shape index (κ2) is 8.90. The average Bonchev–Trinajstić information content (AvgIpc) is 2.96. The first kappa shape index (κ1) is 15.2. The minimum Gasteiger partial charge on any atom is -0.379 e. The number of nitrogens with two attached hydrogens (primary N) is 1. The van der Waals surface area contributed by atoms with E-state index >= 15 is 0 Å². The largest absolute Gasteiger partial charge is 0.379 e. The lowest BCUT2D eigenvalue weighted by atomic mass is 9.84. The van der Waals surface area contributed by atoms with Crippen molar-refractivity contribution < 1.29 is 9.47 Å². The van der Waals surface area contributed by atoms with Crippen LogP contribution < -0.4 is 11.1 Å². The van der Waals surface area contributed by atoms with Gasteiger partial charge in [0.25, 0.3) is 0 Å². The van der Waals surface area contributed by atoms with Crippen molar-refractivity contribution in [2.24, 2.45) is 11.7 Å². The fourth-order valence-electron chi connectivity index (χ4n) is 3.21. The van der Waals surface area contributed by atoms with Crippen LogP contribution in [0.25, 0.3) is 0 Å². The van der Waals surface area contributed by atoms with Crippen LogP contribution in [0.2, 0.25) is 0 Å². The van der Waals surface area contributed by atoms with Crippen LogP contribution in [0.3, 0.4) is 0 Å². The maximum Gasteiger partial charge on any atom is 0.0809 e. The van der Waals surface area contributed by atoms with Crippen LogP contribution in [0.5, 0.6) is 0 Å². The molecule has 0 radical (unpaired) electrons. The van der Waals surface area contributed by atoms with Gasteiger partial charge in [-0.15, -0.1) is 0 Å². The van der Waals surface area contributed by atoms with Crippen LogP contribution >= 0.6 is 0 Å². The molecule has 2 rings (SSSR count). The predicted molar refractivity (Wildman–Crippen MR) is 77.2 cm³/mol. The van der Waals surface area contributed by atoms with E-state index in [1.54, 1.807) is 0 Å². The van der Waals surface area contributed by atoms with Gasteiger partial charge in [0.05, 0.1) is 12.7 Å². The number of rotatable bonds is 8. The van der Waals surface area contributed by atoms with Crippen molar-refractivity contribution in [1.82, 2.24) is 5.32 Å². The molecule has 4 heteroatoms. The highest BCUT2D eigenvalue weighted by molar-refractivity contribution is 4.81. The maximum atomic E-state index is 5.84. The summed E-state index contributed by atoms with van der Waals surface area (Å²) in [5.41, 5.74) is 5.84. The molecule has 3 unspecified atom stereocenters. The van der Waals surface area contributed by atoms with Crippen LogP contribution in [0, 0.1) is 5.92 Å². The molecule has 1 saturated heterocycles. The minimum absolute atomic E-state index is 0.355. The van der Waals surface area contributed by atoms with Crippen molar-refractivity contribution in [3.05, 3.63) is 0 Å². The monoisotopic (exact) mass is 270 g/mol. The molecule has 0 aromatic rings. The topological polar surface area (TPSA) is 56.5 Å². The van der Waals surface area contributed by atoms with Crippen LogP contribution in [0.1, 0.15) is 44.9 Å². The summed E-state index contributed by atoms with van der Waals surface area (Å²) >= 11 is 0. The second-order valence-corrected chi connectivity index (χ2v) is 5.90. The van der Waals surface area contributed by atoms with Gasteiger partial charge in [0.2, 0.25) is 0 Å². The van der Waals surface area contributed by atoms with E-state index in [9.17, 15) is 0 Å². The zero-order valence-electron chi connectivity index (χ0n) is 12.1. The van der Waals surface area contributed by atoms with Crippen molar-refractivity contribution in [2.45, 2.75) is 57.1 Å². The standard InChI is InChI=1S/C15H30N2O2/c16-11-13-5-1-2-7-15(13)17-8-4-9-18-12-14-6-3-10-19-14/h13-15,17H,1-12,16H2. The Morgan fingerprint density at radius 2 is 2.05 bits per heavy atom. The third-order valence-electron chi connectivity index (χ3n) is 4.41. The van der Waals surface area contributed by atoms with Crippen molar-refractivity contribution in [2.75, 3.05) is 32.9 Å². The first-order chi connectivity index (χ1) is 9.40. The van der Waals surface area contributed by atoms with Crippen LogP contribution in [0.4, 0.5) is 0 Å². The molecule has 2 aliphatic rings. The molecule has 1 aliphatic carbocycles. The lowest BCUT2D eigenvalue weighted by Gasteiger charge is -2.31. The maximum absolute atomic E-state index is 5.84. The van der Waals surface area contributed by atoms with Gasteiger partial charge in [-0.25, -0.2) is 0 Å². The van der Waals surface area contributed by atoms with Gasteiger partial charge in [0.1, 0.15) is 0 Å². The van der Waals surface area contributed by atoms with Gasteiger partial charge < -0.3 is 20.5 Å². The van der Waals surface area contributed by atoms with E-state index in [-0.39, 0.29) is 0 Å². The highest BCUT2D eigenvalue weighted by atomic mass is 16.5. The second-order valence-electron chi connectivity index (χ2n) is 5.90. The molecule has 2 fully saturated rings. The molecule has 1 heterocycles. The van der Waals surface area contributed by atoms with Gasteiger partial charge in [0, 0.05) is 19.3 Å².